The molecule has 0 fully saturated rings. The number of fused-ring (bicyclic) bond motifs is 1. The highest BCUT2D eigenvalue weighted by Gasteiger charge is 2.16. The molecule has 2 aromatic carbocycles. The summed E-state index contributed by atoms with van der Waals surface area (Å²) in [6.45, 7) is 1.14. The van der Waals surface area contributed by atoms with Crippen LogP contribution in [0.1, 0.15) is 5.56 Å². The first kappa shape index (κ1) is 15.3. The number of hydrogen-bond donors (Lipinski definition) is 1. The van der Waals surface area contributed by atoms with Crippen LogP contribution in [0.15, 0.2) is 59.8 Å². The first-order valence-corrected chi connectivity index (χ1v) is 8.10. The van der Waals surface area contributed by atoms with E-state index in [2.05, 4.69) is 10.5 Å². The van der Waals surface area contributed by atoms with Crippen molar-refractivity contribution in [2.45, 2.75) is 0 Å². The van der Waals surface area contributed by atoms with Crippen molar-refractivity contribution in [2.75, 3.05) is 20.3 Å². The highest BCUT2D eigenvalue weighted by Crippen LogP contribution is 2.35. The predicted octanol–water partition coefficient (Wildman–Crippen LogP) is 2.86. The first-order chi connectivity index (χ1) is 12.3. The molecule has 25 heavy (non-hydrogen) atoms. The Morgan fingerprint density at radius 1 is 1.08 bits per heavy atom. The molecular formula is C19H18N4O2. The molecule has 1 aromatic heterocycles. The van der Waals surface area contributed by atoms with Gasteiger partial charge >= 0.3 is 0 Å². The average molecular weight is 334 g/mol. The van der Waals surface area contributed by atoms with Crippen molar-refractivity contribution in [3.05, 3.63) is 60.3 Å². The van der Waals surface area contributed by atoms with Crippen molar-refractivity contribution < 1.29 is 9.47 Å². The molecule has 0 saturated carbocycles. The Morgan fingerprint density at radius 2 is 1.88 bits per heavy atom. The average Bonchev–Trinajstić information content (AvgIpc) is 3.11. The van der Waals surface area contributed by atoms with Crippen LogP contribution in [0.4, 0.5) is 0 Å². The molecule has 0 amide bonds. The maximum absolute atomic E-state index is 5.69. The van der Waals surface area contributed by atoms with Crippen LogP contribution in [0.25, 0.3) is 16.9 Å². The SMILES string of the molecule is CN/N=C\c1cn(-c2ccccc2)nc1-c1ccc2c(c1)OCCO2. The maximum atomic E-state index is 5.69. The van der Waals surface area contributed by atoms with E-state index in [0.717, 1.165) is 34.0 Å². The van der Waals surface area contributed by atoms with Gasteiger partial charge in [-0.05, 0) is 30.3 Å². The third kappa shape index (κ3) is 3.06. The monoisotopic (exact) mass is 334 g/mol. The van der Waals surface area contributed by atoms with E-state index < -0.39 is 0 Å². The Morgan fingerprint density at radius 3 is 2.68 bits per heavy atom. The van der Waals surface area contributed by atoms with Gasteiger partial charge in [-0.3, -0.25) is 0 Å². The molecule has 0 unspecified atom stereocenters. The summed E-state index contributed by atoms with van der Waals surface area (Å²) in [5, 5.41) is 8.89. The van der Waals surface area contributed by atoms with Crippen molar-refractivity contribution in [1.29, 1.82) is 0 Å². The Balaban J connectivity index is 1.80. The van der Waals surface area contributed by atoms with Crippen molar-refractivity contribution in [3.63, 3.8) is 0 Å². The van der Waals surface area contributed by atoms with Crippen LogP contribution in [0, 0.1) is 0 Å². The molecule has 126 valence electrons. The Labute approximate surface area is 145 Å². The van der Waals surface area contributed by atoms with E-state index in [-0.39, 0.29) is 0 Å². The number of para-hydroxylation sites is 1. The fourth-order valence-electron chi connectivity index (χ4n) is 2.74. The molecule has 4 rings (SSSR count). The molecule has 0 radical (unpaired) electrons. The lowest BCUT2D eigenvalue weighted by atomic mass is 10.1. The number of nitrogens with one attached hydrogen (secondary N) is 1. The molecule has 1 N–H and O–H groups in total. The molecule has 0 bridgehead atoms. The van der Waals surface area contributed by atoms with Gasteiger partial charge in [-0.1, -0.05) is 18.2 Å². The van der Waals surface area contributed by atoms with Gasteiger partial charge in [-0.25, -0.2) is 4.68 Å². The van der Waals surface area contributed by atoms with Gasteiger partial charge < -0.3 is 14.9 Å². The fraction of sp³-hybridized carbons (Fsp3) is 0.158. The highest BCUT2D eigenvalue weighted by atomic mass is 16.6. The molecule has 0 spiro atoms. The zero-order chi connectivity index (χ0) is 17.1. The molecule has 0 atom stereocenters. The largest absolute Gasteiger partial charge is 0.486 e. The maximum Gasteiger partial charge on any atom is 0.162 e. The number of nitrogens with zero attached hydrogens (tertiary/aromatic N) is 3. The zero-order valence-corrected chi connectivity index (χ0v) is 13.8. The van der Waals surface area contributed by atoms with Gasteiger partial charge in [-0.2, -0.15) is 10.2 Å². The van der Waals surface area contributed by atoms with E-state index in [1.807, 2.05) is 59.4 Å². The molecule has 6 nitrogen and oxygen atoms in total. The molecular weight excluding hydrogens is 316 g/mol. The van der Waals surface area contributed by atoms with Gasteiger partial charge in [-0.15, -0.1) is 0 Å². The molecule has 1 aliphatic heterocycles. The van der Waals surface area contributed by atoms with Gasteiger partial charge in [0.1, 0.15) is 18.9 Å². The van der Waals surface area contributed by atoms with Crippen molar-refractivity contribution in [3.8, 4) is 28.4 Å². The summed E-state index contributed by atoms with van der Waals surface area (Å²) >= 11 is 0. The summed E-state index contributed by atoms with van der Waals surface area (Å²) in [4.78, 5) is 0. The minimum absolute atomic E-state index is 0.559. The van der Waals surface area contributed by atoms with Gasteiger partial charge in [0.2, 0.25) is 0 Å². The second-order valence-corrected chi connectivity index (χ2v) is 5.55. The minimum atomic E-state index is 0.559. The standard InChI is InChI=1S/C19H18N4O2/c1-20-21-12-15-13-23(16-5-3-2-4-6-16)22-19(15)14-7-8-17-18(11-14)25-10-9-24-17/h2-8,11-13,20H,9-10H2,1H3/b21-12-. The Kier molecular flexibility index (Phi) is 4.08. The zero-order valence-electron chi connectivity index (χ0n) is 13.8. The van der Waals surface area contributed by atoms with E-state index >= 15 is 0 Å². The van der Waals surface area contributed by atoms with Crippen LogP contribution >= 0.6 is 0 Å². The third-order valence-corrected chi connectivity index (χ3v) is 3.91. The summed E-state index contributed by atoms with van der Waals surface area (Å²) in [6, 6.07) is 15.9. The Bertz CT molecular complexity index is 903. The number of ether oxygens (including phenoxy) is 2. The fourth-order valence-corrected chi connectivity index (χ4v) is 2.74. The first-order valence-electron chi connectivity index (χ1n) is 8.10. The van der Waals surface area contributed by atoms with E-state index in [1.165, 1.54) is 0 Å². The lowest BCUT2D eigenvalue weighted by Gasteiger charge is -2.18. The summed E-state index contributed by atoms with van der Waals surface area (Å²) in [5.74, 6) is 1.51. The molecule has 1 aliphatic rings. The van der Waals surface area contributed by atoms with Crippen LogP contribution in [-0.2, 0) is 0 Å². The third-order valence-electron chi connectivity index (χ3n) is 3.91. The molecule has 2 heterocycles. The highest BCUT2D eigenvalue weighted by molar-refractivity contribution is 5.89. The van der Waals surface area contributed by atoms with Crippen molar-refractivity contribution in [2.24, 2.45) is 5.10 Å². The second kappa shape index (κ2) is 6.68. The summed E-state index contributed by atoms with van der Waals surface area (Å²) in [7, 11) is 1.77. The summed E-state index contributed by atoms with van der Waals surface area (Å²) in [6.07, 6.45) is 3.72. The minimum Gasteiger partial charge on any atom is -0.486 e. The summed E-state index contributed by atoms with van der Waals surface area (Å²) in [5.41, 5.74) is 6.47. The molecule has 0 saturated heterocycles. The van der Waals surface area contributed by atoms with Gasteiger partial charge in [0, 0.05) is 24.4 Å². The van der Waals surface area contributed by atoms with Gasteiger partial charge in [0.25, 0.3) is 0 Å². The van der Waals surface area contributed by atoms with Crippen molar-refractivity contribution in [1.82, 2.24) is 15.2 Å². The predicted molar refractivity (Wildman–Crippen MR) is 96.6 cm³/mol. The van der Waals surface area contributed by atoms with Crippen LogP contribution < -0.4 is 14.9 Å². The normalized spacial score (nSPS) is 13.2. The number of rotatable bonds is 4. The number of benzene rings is 2. The van der Waals surface area contributed by atoms with E-state index in [4.69, 9.17) is 14.6 Å². The van der Waals surface area contributed by atoms with Gasteiger partial charge in [0.05, 0.1) is 11.9 Å². The van der Waals surface area contributed by atoms with Crippen LogP contribution in [0.5, 0.6) is 11.5 Å². The molecule has 6 heteroatoms. The Hall–Kier alpha value is -3.28. The topological polar surface area (TPSA) is 60.7 Å². The lowest BCUT2D eigenvalue weighted by Crippen LogP contribution is -2.15. The van der Waals surface area contributed by atoms with E-state index in [1.54, 1.807) is 13.3 Å². The van der Waals surface area contributed by atoms with E-state index in [9.17, 15) is 0 Å². The quantitative estimate of drug-likeness (QED) is 0.589. The second-order valence-electron chi connectivity index (χ2n) is 5.55. The van der Waals surface area contributed by atoms with Crippen LogP contribution in [-0.4, -0.2) is 36.3 Å². The van der Waals surface area contributed by atoms with Gasteiger partial charge in [0.15, 0.2) is 11.5 Å². The molecule has 3 aromatic rings. The number of hydrogen-bond acceptors (Lipinski definition) is 5. The van der Waals surface area contributed by atoms with Crippen LogP contribution in [0.3, 0.4) is 0 Å². The van der Waals surface area contributed by atoms with Crippen LogP contribution in [0.2, 0.25) is 0 Å². The van der Waals surface area contributed by atoms with E-state index in [0.29, 0.717) is 13.2 Å². The summed E-state index contributed by atoms with van der Waals surface area (Å²) < 4.78 is 13.1. The number of aromatic nitrogens is 2. The lowest BCUT2D eigenvalue weighted by molar-refractivity contribution is 0.171. The smallest absolute Gasteiger partial charge is 0.162 e. The van der Waals surface area contributed by atoms with Crippen molar-refractivity contribution >= 4 is 6.21 Å². The molecule has 0 aliphatic carbocycles. The number of hydrazone groups is 1.